The van der Waals surface area contributed by atoms with Gasteiger partial charge in [0.25, 0.3) is 5.91 Å². The Kier molecular flexibility index (Phi) is 6.40. The summed E-state index contributed by atoms with van der Waals surface area (Å²) in [6.07, 6.45) is 3.00. The molecule has 1 aliphatic rings. The molecule has 2 amide bonds. The van der Waals surface area contributed by atoms with Crippen LogP contribution in [0.1, 0.15) is 26.2 Å². The molecule has 0 unspecified atom stereocenters. The molecule has 0 aromatic heterocycles. The lowest BCUT2D eigenvalue weighted by atomic mass is 9.95. The van der Waals surface area contributed by atoms with Gasteiger partial charge in [0, 0.05) is 18.2 Å². The fourth-order valence-electron chi connectivity index (χ4n) is 2.93. The van der Waals surface area contributed by atoms with Crippen LogP contribution in [0.5, 0.6) is 5.75 Å². The number of carbonyl (C=O) groups is 2. The lowest BCUT2D eigenvalue weighted by Crippen LogP contribution is -2.29. The van der Waals surface area contributed by atoms with Crippen LogP contribution in [-0.2, 0) is 9.59 Å². The summed E-state index contributed by atoms with van der Waals surface area (Å²) in [5.41, 5.74) is 6.45. The molecular formula is C17H25N3O3. The Morgan fingerprint density at radius 1 is 1.26 bits per heavy atom. The lowest BCUT2D eigenvalue weighted by Gasteiger charge is -2.17. The SMILES string of the molecule is CCNC(=O)COc1ccc(NC(=O)[C@@H]2CCC[C@@H]2CN)cc1. The number of carbonyl (C=O) groups excluding carboxylic acids is 2. The molecule has 0 aliphatic heterocycles. The van der Waals surface area contributed by atoms with Crippen molar-refractivity contribution in [3.05, 3.63) is 24.3 Å². The van der Waals surface area contributed by atoms with Crippen molar-refractivity contribution in [2.75, 3.05) is 25.0 Å². The molecule has 1 aromatic rings. The zero-order valence-electron chi connectivity index (χ0n) is 13.5. The van der Waals surface area contributed by atoms with Crippen molar-refractivity contribution in [1.82, 2.24) is 5.32 Å². The van der Waals surface area contributed by atoms with Crippen molar-refractivity contribution in [2.45, 2.75) is 26.2 Å². The van der Waals surface area contributed by atoms with E-state index in [2.05, 4.69) is 10.6 Å². The summed E-state index contributed by atoms with van der Waals surface area (Å²) >= 11 is 0. The predicted molar refractivity (Wildman–Crippen MR) is 89.1 cm³/mol. The fraction of sp³-hybridized carbons (Fsp3) is 0.529. The summed E-state index contributed by atoms with van der Waals surface area (Å²) in [7, 11) is 0. The monoisotopic (exact) mass is 319 g/mol. The topological polar surface area (TPSA) is 93.5 Å². The van der Waals surface area contributed by atoms with Gasteiger partial charge in [-0.05, 0) is 56.5 Å². The van der Waals surface area contributed by atoms with Gasteiger partial charge in [0.1, 0.15) is 5.75 Å². The molecule has 0 radical (unpaired) electrons. The van der Waals surface area contributed by atoms with Crippen LogP contribution in [0.15, 0.2) is 24.3 Å². The maximum atomic E-state index is 12.3. The van der Waals surface area contributed by atoms with Crippen molar-refractivity contribution in [3.8, 4) is 5.75 Å². The minimum absolute atomic E-state index is 0.00802. The third-order valence-corrected chi connectivity index (χ3v) is 4.16. The van der Waals surface area contributed by atoms with Crippen molar-refractivity contribution >= 4 is 17.5 Å². The minimum Gasteiger partial charge on any atom is -0.484 e. The summed E-state index contributed by atoms with van der Waals surface area (Å²) in [5, 5.41) is 5.59. The van der Waals surface area contributed by atoms with E-state index < -0.39 is 0 Å². The Morgan fingerprint density at radius 3 is 2.65 bits per heavy atom. The number of likely N-dealkylation sites (N-methyl/N-ethyl adjacent to an activating group) is 1. The first-order valence-corrected chi connectivity index (χ1v) is 8.14. The number of hydrogen-bond donors (Lipinski definition) is 3. The van der Waals surface area contributed by atoms with Gasteiger partial charge < -0.3 is 21.1 Å². The van der Waals surface area contributed by atoms with Crippen LogP contribution in [0.4, 0.5) is 5.69 Å². The smallest absolute Gasteiger partial charge is 0.257 e. The van der Waals surface area contributed by atoms with Crippen molar-refractivity contribution in [2.24, 2.45) is 17.6 Å². The first kappa shape index (κ1) is 17.3. The van der Waals surface area contributed by atoms with E-state index in [0.29, 0.717) is 18.8 Å². The van der Waals surface area contributed by atoms with E-state index in [1.54, 1.807) is 24.3 Å². The van der Waals surface area contributed by atoms with E-state index in [-0.39, 0.29) is 30.3 Å². The molecule has 0 heterocycles. The highest BCUT2D eigenvalue weighted by Gasteiger charge is 2.31. The second-order valence-electron chi connectivity index (χ2n) is 5.79. The second-order valence-corrected chi connectivity index (χ2v) is 5.79. The van der Waals surface area contributed by atoms with E-state index in [0.717, 1.165) is 24.9 Å². The van der Waals surface area contributed by atoms with Gasteiger partial charge in [0.05, 0.1) is 0 Å². The predicted octanol–water partition coefficient (Wildman–Crippen LogP) is 1.51. The van der Waals surface area contributed by atoms with Gasteiger partial charge in [-0.2, -0.15) is 0 Å². The van der Waals surface area contributed by atoms with Crippen LogP contribution >= 0.6 is 0 Å². The maximum Gasteiger partial charge on any atom is 0.257 e. The molecule has 1 aromatic carbocycles. The Bertz CT molecular complexity index is 530. The quantitative estimate of drug-likeness (QED) is 0.710. The van der Waals surface area contributed by atoms with Crippen LogP contribution < -0.4 is 21.1 Å². The highest BCUT2D eigenvalue weighted by molar-refractivity contribution is 5.93. The van der Waals surface area contributed by atoms with E-state index in [1.807, 2.05) is 6.92 Å². The maximum absolute atomic E-state index is 12.3. The molecule has 4 N–H and O–H groups in total. The number of anilines is 1. The lowest BCUT2D eigenvalue weighted by molar-refractivity contribution is -0.123. The third kappa shape index (κ3) is 4.96. The zero-order chi connectivity index (χ0) is 16.7. The highest BCUT2D eigenvalue weighted by Crippen LogP contribution is 2.32. The number of nitrogens with two attached hydrogens (primary N) is 1. The van der Waals surface area contributed by atoms with Gasteiger partial charge >= 0.3 is 0 Å². The zero-order valence-corrected chi connectivity index (χ0v) is 13.5. The molecule has 2 rings (SSSR count). The molecule has 0 spiro atoms. The Morgan fingerprint density at radius 2 is 2.00 bits per heavy atom. The number of amides is 2. The first-order chi connectivity index (χ1) is 11.1. The van der Waals surface area contributed by atoms with Crippen molar-refractivity contribution in [3.63, 3.8) is 0 Å². The summed E-state index contributed by atoms with van der Waals surface area (Å²) in [6, 6.07) is 7.03. The standard InChI is InChI=1S/C17H25N3O3/c1-2-19-16(21)11-23-14-8-6-13(7-9-14)20-17(22)15-5-3-4-12(15)10-18/h6-9,12,15H,2-5,10-11,18H2,1H3,(H,19,21)(H,20,22)/t12-,15-/m1/s1. The van der Waals surface area contributed by atoms with Crippen LogP contribution in [0.2, 0.25) is 0 Å². The second kappa shape index (κ2) is 8.53. The first-order valence-electron chi connectivity index (χ1n) is 8.14. The van der Waals surface area contributed by atoms with Crippen LogP contribution in [0, 0.1) is 11.8 Å². The number of nitrogens with one attached hydrogen (secondary N) is 2. The summed E-state index contributed by atoms with van der Waals surface area (Å²) in [6.45, 7) is 2.98. The van der Waals surface area contributed by atoms with Crippen LogP contribution in [0.3, 0.4) is 0 Å². The van der Waals surface area contributed by atoms with Gasteiger partial charge in [0.2, 0.25) is 5.91 Å². The molecule has 6 heteroatoms. The molecular weight excluding hydrogens is 294 g/mol. The number of hydrogen-bond acceptors (Lipinski definition) is 4. The van der Waals surface area contributed by atoms with Crippen molar-refractivity contribution < 1.29 is 14.3 Å². The third-order valence-electron chi connectivity index (χ3n) is 4.16. The van der Waals surface area contributed by atoms with E-state index in [9.17, 15) is 9.59 Å². The Hall–Kier alpha value is -2.08. The fourth-order valence-corrected chi connectivity index (χ4v) is 2.93. The summed E-state index contributed by atoms with van der Waals surface area (Å²) in [5.74, 6) is 0.770. The molecule has 23 heavy (non-hydrogen) atoms. The minimum atomic E-state index is -0.154. The molecule has 0 bridgehead atoms. The molecule has 1 fully saturated rings. The number of rotatable bonds is 7. The van der Waals surface area contributed by atoms with Gasteiger partial charge in [-0.25, -0.2) is 0 Å². The van der Waals surface area contributed by atoms with Gasteiger partial charge in [-0.15, -0.1) is 0 Å². The van der Waals surface area contributed by atoms with Gasteiger partial charge in [-0.1, -0.05) is 6.42 Å². The van der Waals surface area contributed by atoms with E-state index in [4.69, 9.17) is 10.5 Å². The Labute approximate surface area is 136 Å². The largest absolute Gasteiger partial charge is 0.484 e. The summed E-state index contributed by atoms with van der Waals surface area (Å²) < 4.78 is 5.37. The number of ether oxygens (including phenoxy) is 1. The molecule has 1 aliphatic carbocycles. The molecule has 126 valence electrons. The highest BCUT2D eigenvalue weighted by atomic mass is 16.5. The van der Waals surface area contributed by atoms with E-state index in [1.165, 1.54) is 0 Å². The molecule has 1 saturated carbocycles. The molecule has 6 nitrogen and oxygen atoms in total. The molecule has 0 saturated heterocycles. The van der Waals surface area contributed by atoms with Gasteiger partial charge in [0.15, 0.2) is 6.61 Å². The number of benzene rings is 1. The van der Waals surface area contributed by atoms with Crippen LogP contribution in [0.25, 0.3) is 0 Å². The van der Waals surface area contributed by atoms with Crippen molar-refractivity contribution in [1.29, 1.82) is 0 Å². The molecule has 2 atom stereocenters. The van der Waals surface area contributed by atoms with Gasteiger partial charge in [-0.3, -0.25) is 9.59 Å². The Balaban J connectivity index is 1.85. The van der Waals surface area contributed by atoms with Crippen LogP contribution in [-0.4, -0.2) is 31.5 Å². The normalized spacial score (nSPS) is 20.1. The average Bonchev–Trinajstić information content (AvgIpc) is 3.03. The average molecular weight is 319 g/mol. The van der Waals surface area contributed by atoms with E-state index >= 15 is 0 Å². The summed E-state index contributed by atoms with van der Waals surface area (Å²) in [4.78, 5) is 23.6.